The maximum absolute atomic E-state index is 2.70. The Morgan fingerprint density at radius 2 is 0.366 bits per heavy atom. The van der Waals surface area contributed by atoms with E-state index in [-0.39, 0.29) is 27.1 Å². The van der Waals surface area contributed by atoms with Crippen LogP contribution >= 0.6 is 0 Å². The summed E-state index contributed by atoms with van der Waals surface area (Å²) in [6, 6.07) is 78.3. The Morgan fingerprint density at radius 1 is 0.188 bits per heavy atom. The molecule has 0 aliphatic heterocycles. The fourth-order valence-electron chi connectivity index (χ4n) is 24.9. The van der Waals surface area contributed by atoms with Crippen LogP contribution in [-0.4, -0.2) is 0 Å². The molecular weight excluding hydrogens is 1210 g/mol. The molecule has 5 unspecified atom stereocenters. The fraction of sp³-hybridized carbons (Fsp3) is 0.406. The number of hydrogen-bond donors (Lipinski definition) is 0. The molecule has 5 saturated carbocycles. The molecule has 0 aromatic heterocycles. The van der Waals surface area contributed by atoms with E-state index in [9.17, 15) is 0 Å². The molecule has 10 aromatic carbocycles. The van der Waals surface area contributed by atoms with Gasteiger partial charge in [-0.15, -0.1) is 0 Å². The predicted molar refractivity (Wildman–Crippen MR) is 425 cm³/mol. The van der Waals surface area contributed by atoms with Crippen molar-refractivity contribution in [3.63, 3.8) is 0 Å². The van der Waals surface area contributed by atoms with Crippen molar-refractivity contribution in [2.45, 2.75) is 229 Å². The maximum Gasteiger partial charge on any atom is 0.0215 e. The van der Waals surface area contributed by atoms with E-state index in [4.69, 9.17) is 0 Å². The lowest BCUT2D eigenvalue weighted by atomic mass is 9.64. The van der Waals surface area contributed by atoms with Crippen LogP contribution in [0.5, 0.6) is 0 Å². The van der Waals surface area contributed by atoms with Crippen molar-refractivity contribution >= 4 is 0 Å². The van der Waals surface area contributed by atoms with Gasteiger partial charge in [-0.3, -0.25) is 0 Å². The van der Waals surface area contributed by atoms with E-state index < -0.39 is 0 Å². The molecular formula is C101H104. The summed E-state index contributed by atoms with van der Waals surface area (Å²) in [6.07, 6.45) is 33.3. The second-order valence-corrected chi connectivity index (χ2v) is 35.4. The molecule has 20 rings (SSSR count). The molecule has 10 aliphatic rings. The first-order valence-corrected chi connectivity index (χ1v) is 40.7. The Bertz CT molecular complexity index is 5010. The summed E-state index contributed by atoms with van der Waals surface area (Å²) in [5, 5.41) is 0. The molecule has 10 aromatic rings. The molecule has 5 fully saturated rings. The van der Waals surface area contributed by atoms with Gasteiger partial charge in [0.15, 0.2) is 0 Å². The highest BCUT2D eigenvalue weighted by Crippen LogP contribution is 2.64. The molecule has 0 N–H and O–H groups in total. The van der Waals surface area contributed by atoms with E-state index in [1.165, 1.54) is 266 Å². The standard InChI is InChI=1S/C101H104/c1-63-36-45-78-80-47-38-65(56-90(80)98(3,88(78)54-63)73-26-14-8-15-27-73)67-40-49-82-84-51-42-69(60-94(84)100(5,92(82)58-67)75-30-18-10-19-31-75)71-44-53-86-85-52-43-70(61-95(85)101(6,96(86)62-71)76-32-20-11-21-33-76)68-41-50-83-81-48-39-66(57-91(81)99(4,93(83)59-68)74-28-16-9-17-29-74)64-37-46-79-77-34-22-23-35-87(77)97(2,89(79)55-64)72-24-12-7-13-25-72/h22-23,34-62,72-76H,7-21,24-33H2,1-6H3. The first-order valence-electron chi connectivity index (χ1n) is 40.7. The van der Waals surface area contributed by atoms with Crippen molar-refractivity contribution in [3.8, 4) is 100 Å². The van der Waals surface area contributed by atoms with Gasteiger partial charge in [0.1, 0.15) is 0 Å². The molecule has 5 atom stereocenters. The summed E-state index contributed by atoms with van der Waals surface area (Å²) in [7, 11) is 0. The van der Waals surface area contributed by atoms with Gasteiger partial charge in [0.05, 0.1) is 0 Å². The van der Waals surface area contributed by atoms with E-state index in [0.717, 1.165) is 0 Å². The van der Waals surface area contributed by atoms with Crippen molar-refractivity contribution in [3.05, 3.63) is 249 Å². The molecule has 101 heavy (non-hydrogen) atoms. The summed E-state index contributed by atoms with van der Waals surface area (Å²) in [5.74, 6) is 3.14. The Labute approximate surface area is 604 Å². The normalized spacial score (nSPS) is 25.9. The van der Waals surface area contributed by atoms with E-state index in [1.807, 2.05) is 0 Å². The van der Waals surface area contributed by atoms with Crippen LogP contribution in [0.1, 0.15) is 256 Å². The van der Waals surface area contributed by atoms with Crippen LogP contribution in [0.15, 0.2) is 188 Å². The van der Waals surface area contributed by atoms with Gasteiger partial charge in [0.25, 0.3) is 0 Å². The highest BCUT2D eigenvalue weighted by molar-refractivity contribution is 5.93. The number of benzene rings is 10. The highest BCUT2D eigenvalue weighted by Gasteiger charge is 2.52. The predicted octanol–water partition coefficient (Wildman–Crippen LogP) is 28.0. The minimum Gasteiger partial charge on any atom is -0.0619 e. The minimum absolute atomic E-state index is 0.0290. The molecule has 0 nitrogen and oxygen atoms in total. The van der Waals surface area contributed by atoms with Gasteiger partial charge < -0.3 is 0 Å². The monoisotopic (exact) mass is 1320 g/mol. The van der Waals surface area contributed by atoms with Crippen molar-refractivity contribution in [2.24, 2.45) is 29.6 Å². The van der Waals surface area contributed by atoms with Gasteiger partial charge >= 0.3 is 0 Å². The van der Waals surface area contributed by atoms with E-state index in [1.54, 1.807) is 55.6 Å². The van der Waals surface area contributed by atoms with Crippen molar-refractivity contribution in [1.29, 1.82) is 0 Å². The number of aryl methyl sites for hydroxylation is 1. The third kappa shape index (κ3) is 9.16. The topological polar surface area (TPSA) is 0 Å². The molecule has 0 amide bonds. The number of rotatable bonds is 9. The molecule has 10 aliphatic carbocycles. The largest absolute Gasteiger partial charge is 0.0619 e. The molecule has 508 valence electrons. The van der Waals surface area contributed by atoms with Gasteiger partial charge in [-0.1, -0.05) is 276 Å². The summed E-state index contributed by atoms with van der Waals surface area (Å²) in [6.45, 7) is 15.5. The first kappa shape index (κ1) is 62.9. The Hall–Kier alpha value is -7.80. The van der Waals surface area contributed by atoms with Crippen LogP contribution in [-0.2, 0) is 27.1 Å². The van der Waals surface area contributed by atoms with Crippen LogP contribution in [0.25, 0.3) is 100 Å². The lowest BCUT2D eigenvalue weighted by Crippen LogP contribution is -2.33. The average molecular weight is 1320 g/mol. The molecule has 0 radical (unpaired) electrons. The van der Waals surface area contributed by atoms with Gasteiger partial charge in [0, 0.05) is 27.1 Å². The first-order chi connectivity index (χ1) is 49.3. The Balaban J connectivity index is 0.646. The smallest absolute Gasteiger partial charge is 0.0215 e. The zero-order valence-corrected chi connectivity index (χ0v) is 61.5. The average Bonchev–Trinajstić information content (AvgIpc) is 1.57. The molecule has 0 bridgehead atoms. The molecule has 0 saturated heterocycles. The third-order valence-electron chi connectivity index (χ3n) is 30.7. The zero-order chi connectivity index (χ0) is 67.7. The van der Waals surface area contributed by atoms with Crippen molar-refractivity contribution in [1.82, 2.24) is 0 Å². The summed E-state index contributed by atoms with van der Waals surface area (Å²) >= 11 is 0. The van der Waals surface area contributed by atoms with Crippen molar-refractivity contribution < 1.29 is 0 Å². The van der Waals surface area contributed by atoms with Gasteiger partial charge in [-0.05, 0) is 305 Å². The lowest BCUT2D eigenvalue weighted by Gasteiger charge is -2.40. The zero-order valence-electron chi connectivity index (χ0n) is 61.5. The van der Waals surface area contributed by atoms with Crippen LogP contribution in [0.3, 0.4) is 0 Å². The summed E-state index contributed by atoms with van der Waals surface area (Å²) in [4.78, 5) is 0. The molecule has 0 heterocycles. The summed E-state index contributed by atoms with van der Waals surface area (Å²) < 4.78 is 0. The summed E-state index contributed by atoms with van der Waals surface area (Å²) in [5.41, 5.74) is 42.4. The molecule has 0 heteroatoms. The van der Waals surface area contributed by atoms with Crippen LogP contribution in [0.2, 0.25) is 0 Å². The Morgan fingerprint density at radius 3 is 0.594 bits per heavy atom. The second kappa shape index (κ2) is 23.6. The quantitative estimate of drug-likeness (QED) is 0.135. The SMILES string of the molecule is Cc1ccc2c(c1)C(C)(C1CCCCC1)c1cc(-c3ccc4c(c3)C(C)(C3CCCCC3)c3cc(-c5ccc6c(c5)C(C)(C5CCCCC5)c5cc(-c7ccc8c(c7)C(C)(C7CCCCC7)c7cc(-c9ccc%10c(c9)C(C)(C9CCCCC9)c9ccccc9-%10)ccc7-8)ccc5-6)ccc3-4)ccc1-2. The van der Waals surface area contributed by atoms with Gasteiger partial charge in [-0.2, -0.15) is 0 Å². The number of hydrogen-bond acceptors (Lipinski definition) is 0. The lowest BCUT2D eigenvalue weighted by molar-refractivity contribution is 0.258. The minimum atomic E-state index is -0.0988. The molecule has 0 spiro atoms. The van der Waals surface area contributed by atoms with Crippen LogP contribution < -0.4 is 0 Å². The van der Waals surface area contributed by atoms with Gasteiger partial charge in [-0.25, -0.2) is 0 Å². The van der Waals surface area contributed by atoms with Crippen molar-refractivity contribution in [2.75, 3.05) is 0 Å². The van der Waals surface area contributed by atoms with E-state index in [0.29, 0.717) is 29.6 Å². The van der Waals surface area contributed by atoms with Crippen LogP contribution in [0, 0.1) is 36.5 Å². The fourth-order valence-corrected chi connectivity index (χ4v) is 24.9. The van der Waals surface area contributed by atoms with Gasteiger partial charge in [0.2, 0.25) is 0 Å². The van der Waals surface area contributed by atoms with Crippen LogP contribution in [0.4, 0.5) is 0 Å². The van der Waals surface area contributed by atoms with E-state index >= 15 is 0 Å². The highest BCUT2D eigenvalue weighted by atomic mass is 14.5. The Kier molecular flexibility index (Phi) is 14.7. The van der Waals surface area contributed by atoms with E-state index in [2.05, 4.69) is 230 Å². The second-order valence-electron chi connectivity index (χ2n) is 35.4. The number of fused-ring (bicyclic) bond motifs is 15. The third-order valence-corrected chi connectivity index (χ3v) is 30.7. The maximum atomic E-state index is 2.70.